The summed E-state index contributed by atoms with van der Waals surface area (Å²) in [6, 6.07) is 4.36. The SMILES string of the molecule is CN1CSc2cc3cn[nH]c3cc21. The van der Waals surface area contributed by atoms with E-state index in [9.17, 15) is 0 Å². The van der Waals surface area contributed by atoms with Crippen LogP contribution in [0.25, 0.3) is 10.9 Å². The van der Waals surface area contributed by atoms with Crippen molar-refractivity contribution in [3.8, 4) is 0 Å². The Morgan fingerprint density at radius 3 is 3.38 bits per heavy atom. The number of benzene rings is 1. The fraction of sp³-hybridized carbons (Fsp3) is 0.222. The van der Waals surface area contributed by atoms with Gasteiger partial charge >= 0.3 is 0 Å². The summed E-state index contributed by atoms with van der Waals surface area (Å²) in [5, 5.41) is 8.19. The number of anilines is 1. The summed E-state index contributed by atoms with van der Waals surface area (Å²) in [5.74, 6) is 1.05. The number of rotatable bonds is 0. The van der Waals surface area contributed by atoms with Crippen LogP contribution in [-0.4, -0.2) is 23.1 Å². The molecule has 1 aromatic heterocycles. The van der Waals surface area contributed by atoms with Crippen LogP contribution in [-0.2, 0) is 0 Å². The van der Waals surface area contributed by atoms with E-state index in [1.54, 1.807) is 0 Å². The van der Waals surface area contributed by atoms with Gasteiger partial charge in [0.05, 0.1) is 23.3 Å². The minimum atomic E-state index is 1.05. The molecule has 2 aromatic rings. The molecule has 0 atom stereocenters. The summed E-state index contributed by atoms with van der Waals surface area (Å²) >= 11 is 1.88. The number of aromatic amines is 1. The number of aromatic nitrogens is 2. The third-order valence-corrected chi connectivity index (χ3v) is 3.50. The maximum absolute atomic E-state index is 4.01. The molecule has 2 heterocycles. The van der Waals surface area contributed by atoms with Gasteiger partial charge in [0, 0.05) is 17.3 Å². The van der Waals surface area contributed by atoms with Crippen LogP contribution < -0.4 is 4.90 Å². The summed E-state index contributed by atoms with van der Waals surface area (Å²) in [4.78, 5) is 3.61. The molecule has 1 aromatic carbocycles. The van der Waals surface area contributed by atoms with Gasteiger partial charge in [0.2, 0.25) is 0 Å². The lowest BCUT2D eigenvalue weighted by Gasteiger charge is -2.09. The smallest absolute Gasteiger partial charge is 0.0683 e. The molecule has 0 amide bonds. The highest BCUT2D eigenvalue weighted by atomic mass is 32.2. The van der Waals surface area contributed by atoms with Gasteiger partial charge in [-0.25, -0.2) is 0 Å². The molecule has 66 valence electrons. The monoisotopic (exact) mass is 191 g/mol. The molecule has 1 aliphatic heterocycles. The highest BCUT2D eigenvalue weighted by molar-refractivity contribution is 7.99. The second kappa shape index (κ2) is 2.42. The van der Waals surface area contributed by atoms with Crippen LogP contribution in [0.1, 0.15) is 0 Å². The van der Waals surface area contributed by atoms with E-state index in [2.05, 4.69) is 34.3 Å². The summed E-state index contributed by atoms with van der Waals surface area (Å²) < 4.78 is 0. The van der Waals surface area contributed by atoms with Crippen molar-refractivity contribution >= 4 is 28.4 Å². The van der Waals surface area contributed by atoms with E-state index in [0.717, 1.165) is 11.4 Å². The molecule has 3 rings (SSSR count). The van der Waals surface area contributed by atoms with Crippen molar-refractivity contribution in [3.63, 3.8) is 0 Å². The third-order valence-electron chi connectivity index (χ3n) is 2.34. The first-order valence-corrected chi connectivity index (χ1v) is 5.14. The van der Waals surface area contributed by atoms with Crippen LogP contribution in [0.4, 0.5) is 5.69 Å². The minimum absolute atomic E-state index is 1.05. The standard InChI is InChI=1S/C9H9N3S/c1-12-5-13-9-2-6-4-10-11-7(6)3-8(9)12/h2-4H,5H2,1H3,(H,10,11). The Balaban J connectivity index is 2.34. The molecule has 0 saturated heterocycles. The van der Waals surface area contributed by atoms with Gasteiger partial charge in [0.15, 0.2) is 0 Å². The summed E-state index contributed by atoms with van der Waals surface area (Å²) in [6.45, 7) is 0. The lowest BCUT2D eigenvalue weighted by atomic mass is 10.2. The van der Waals surface area contributed by atoms with Crippen LogP contribution in [0.3, 0.4) is 0 Å². The van der Waals surface area contributed by atoms with Gasteiger partial charge in [-0.1, -0.05) is 0 Å². The van der Waals surface area contributed by atoms with E-state index in [4.69, 9.17) is 0 Å². The van der Waals surface area contributed by atoms with Crippen LogP contribution >= 0.6 is 11.8 Å². The lowest BCUT2D eigenvalue weighted by molar-refractivity contribution is 1.10. The van der Waals surface area contributed by atoms with Gasteiger partial charge in [-0.2, -0.15) is 5.10 Å². The summed E-state index contributed by atoms with van der Waals surface area (Å²) in [6.07, 6.45) is 1.87. The average Bonchev–Trinajstić information content (AvgIpc) is 2.70. The fourth-order valence-corrected chi connectivity index (χ4v) is 2.65. The first kappa shape index (κ1) is 7.26. The average molecular weight is 191 g/mol. The quantitative estimate of drug-likeness (QED) is 0.691. The Hall–Kier alpha value is -1.16. The Morgan fingerprint density at radius 1 is 1.54 bits per heavy atom. The minimum Gasteiger partial charge on any atom is -0.364 e. The number of thioether (sulfide) groups is 1. The Bertz CT molecular complexity index is 463. The number of hydrogen-bond acceptors (Lipinski definition) is 3. The summed E-state index contributed by atoms with van der Waals surface area (Å²) in [7, 11) is 2.11. The van der Waals surface area contributed by atoms with Gasteiger partial charge < -0.3 is 4.90 Å². The van der Waals surface area contributed by atoms with E-state index in [-0.39, 0.29) is 0 Å². The maximum atomic E-state index is 4.01. The second-order valence-electron chi connectivity index (χ2n) is 3.25. The van der Waals surface area contributed by atoms with E-state index >= 15 is 0 Å². The number of nitrogens with one attached hydrogen (secondary N) is 1. The van der Waals surface area contributed by atoms with Crippen molar-refractivity contribution in [2.24, 2.45) is 0 Å². The van der Waals surface area contributed by atoms with Gasteiger partial charge in [-0.15, -0.1) is 11.8 Å². The number of fused-ring (bicyclic) bond motifs is 2. The Labute approximate surface area is 80.1 Å². The predicted molar refractivity (Wildman–Crippen MR) is 55.2 cm³/mol. The largest absolute Gasteiger partial charge is 0.364 e. The zero-order valence-corrected chi connectivity index (χ0v) is 8.06. The normalized spacial score (nSPS) is 15.3. The van der Waals surface area contributed by atoms with Crippen molar-refractivity contribution in [1.29, 1.82) is 0 Å². The van der Waals surface area contributed by atoms with Crippen LogP contribution in [0, 0.1) is 0 Å². The maximum Gasteiger partial charge on any atom is 0.0683 e. The van der Waals surface area contributed by atoms with E-state index < -0.39 is 0 Å². The molecule has 0 radical (unpaired) electrons. The van der Waals surface area contributed by atoms with Gasteiger partial charge in [0.25, 0.3) is 0 Å². The van der Waals surface area contributed by atoms with Crippen LogP contribution in [0.2, 0.25) is 0 Å². The molecule has 13 heavy (non-hydrogen) atoms. The Morgan fingerprint density at radius 2 is 2.46 bits per heavy atom. The second-order valence-corrected chi connectivity index (χ2v) is 4.24. The molecule has 0 fully saturated rings. The fourth-order valence-electron chi connectivity index (χ4n) is 1.61. The van der Waals surface area contributed by atoms with Gasteiger partial charge in [0.1, 0.15) is 0 Å². The van der Waals surface area contributed by atoms with E-state index in [0.29, 0.717) is 0 Å². The first-order valence-electron chi connectivity index (χ1n) is 4.16. The molecular formula is C9H9N3S. The zero-order valence-electron chi connectivity index (χ0n) is 7.24. The van der Waals surface area contributed by atoms with Crippen molar-refractivity contribution < 1.29 is 0 Å². The first-order chi connectivity index (χ1) is 6.34. The van der Waals surface area contributed by atoms with Crippen molar-refractivity contribution in [2.45, 2.75) is 4.90 Å². The van der Waals surface area contributed by atoms with Crippen LogP contribution in [0.5, 0.6) is 0 Å². The highest BCUT2D eigenvalue weighted by Crippen LogP contribution is 2.39. The van der Waals surface area contributed by atoms with E-state index in [1.165, 1.54) is 16.0 Å². The number of H-pyrrole nitrogens is 1. The molecule has 0 spiro atoms. The summed E-state index contributed by atoms with van der Waals surface area (Å²) in [5.41, 5.74) is 2.43. The molecule has 4 heteroatoms. The molecule has 0 unspecified atom stereocenters. The lowest BCUT2D eigenvalue weighted by Crippen LogP contribution is -2.10. The van der Waals surface area contributed by atoms with Crippen molar-refractivity contribution in [2.75, 3.05) is 17.8 Å². The molecule has 1 aliphatic rings. The molecule has 1 N–H and O–H groups in total. The molecule has 0 saturated carbocycles. The topological polar surface area (TPSA) is 31.9 Å². The van der Waals surface area contributed by atoms with E-state index in [1.807, 2.05) is 18.0 Å². The molecule has 0 bridgehead atoms. The number of hydrogen-bond donors (Lipinski definition) is 1. The van der Waals surface area contributed by atoms with Gasteiger partial charge in [-0.05, 0) is 12.1 Å². The predicted octanol–water partition coefficient (Wildman–Crippen LogP) is 2.06. The van der Waals surface area contributed by atoms with Crippen molar-refractivity contribution in [1.82, 2.24) is 10.2 Å². The van der Waals surface area contributed by atoms with Gasteiger partial charge in [-0.3, -0.25) is 5.10 Å². The Kier molecular flexibility index (Phi) is 1.35. The molecule has 0 aliphatic carbocycles. The van der Waals surface area contributed by atoms with Crippen LogP contribution in [0.15, 0.2) is 23.2 Å². The zero-order chi connectivity index (χ0) is 8.84. The van der Waals surface area contributed by atoms with Crippen molar-refractivity contribution in [3.05, 3.63) is 18.3 Å². The number of nitrogens with zero attached hydrogens (tertiary/aromatic N) is 2. The highest BCUT2D eigenvalue weighted by Gasteiger charge is 2.17. The molecule has 3 nitrogen and oxygen atoms in total. The third kappa shape index (κ3) is 0.951. The molecular weight excluding hydrogens is 182 g/mol.